The maximum Gasteiger partial charge on any atom is 0.376 e. The number of carbonyl (C=O) groups is 4. The van der Waals surface area contributed by atoms with Crippen LogP contribution in [0.4, 0.5) is 34.1 Å². The fourth-order valence-corrected chi connectivity index (χ4v) is 15.3. The molecule has 0 aliphatic carbocycles. The highest BCUT2D eigenvalue weighted by Gasteiger charge is 2.29. The van der Waals surface area contributed by atoms with Crippen molar-refractivity contribution in [2.24, 2.45) is 0 Å². The van der Waals surface area contributed by atoms with E-state index in [1.54, 1.807) is 28.4 Å². The van der Waals surface area contributed by atoms with Gasteiger partial charge in [-0.25, -0.2) is 0 Å². The molecule has 107 heavy (non-hydrogen) atoms. The van der Waals surface area contributed by atoms with Crippen LogP contribution in [0.2, 0.25) is 13.6 Å². The molecule has 5 N–H and O–H groups in total. The second-order valence-electron chi connectivity index (χ2n) is 27.1. The fraction of sp³-hybridized carbons (Fsp3) is 0.366. The van der Waals surface area contributed by atoms with Crippen LogP contribution in [0, 0.1) is 0 Å². The minimum Gasteiger partial charge on any atom is -0.497 e. The summed E-state index contributed by atoms with van der Waals surface area (Å²) in [5, 5.41) is 29.1. The van der Waals surface area contributed by atoms with Gasteiger partial charge in [0, 0.05) is 165 Å². The van der Waals surface area contributed by atoms with Gasteiger partial charge in [0.2, 0.25) is 23.6 Å². The molecule has 3 fully saturated rings. The Labute approximate surface area is 656 Å². The van der Waals surface area contributed by atoms with Crippen LogP contribution in [0.15, 0.2) is 179 Å². The Morgan fingerprint density at radius 2 is 0.738 bits per heavy atom. The number of carbonyl (C=O) groups excluding carboxylic acids is 4. The molecule has 8 aromatic carbocycles. The van der Waals surface area contributed by atoms with Crippen LogP contribution < -0.4 is 59.4 Å². The molecule has 0 unspecified atom stereocenters. The highest BCUT2D eigenvalue weighted by Crippen LogP contribution is 2.36. The molecule has 7 heterocycles. The van der Waals surface area contributed by atoms with E-state index in [0.29, 0.717) is 45.3 Å². The molecule has 0 radical (unpaired) electrons. The summed E-state index contributed by atoms with van der Waals surface area (Å²) in [6.07, 6.45) is 5.66. The van der Waals surface area contributed by atoms with Crippen molar-refractivity contribution in [3.8, 4) is 23.0 Å². The number of amides is 4. The first-order valence-electron chi connectivity index (χ1n) is 36.8. The number of fused-ring (bicyclic) bond motifs is 4. The summed E-state index contributed by atoms with van der Waals surface area (Å²) < 4.78 is 23.5. The van der Waals surface area contributed by atoms with Crippen molar-refractivity contribution in [3.63, 3.8) is 0 Å². The molecule has 0 bridgehead atoms. The molecule has 7 aliphatic heterocycles. The second-order valence-corrected chi connectivity index (χ2v) is 29.4. The third kappa shape index (κ3) is 23.4. The molecule has 4 amide bonds. The third-order valence-corrected chi connectivity index (χ3v) is 21.3. The monoisotopic (exact) mass is 1640 g/mol. The van der Waals surface area contributed by atoms with E-state index in [0.717, 1.165) is 187 Å². The Balaban J connectivity index is 0.000000144. The van der Waals surface area contributed by atoms with Gasteiger partial charge in [-0.1, -0.05) is 121 Å². The first-order valence-corrected chi connectivity index (χ1v) is 39.5. The Bertz CT molecular complexity index is 4250. The number of methoxy groups -OCH3 is 4. The molecule has 3 saturated heterocycles. The summed E-state index contributed by atoms with van der Waals surface area (Å²) in [7, 11) is 6.00. The maximum absolute atomic E-state index is 12.7. The molecule has 7 aliphatic rings. The molecular formula is C82H99B2Br3N10O10. The lowest BCUT2D eigenvalue weighted by Crippen LogP contribution is -2.51. The fourth-order valence-electron chi connectivity index (χ4n) is 13.9. The quantitative estimate of drug-likeness (QED) is 0.0478. The normalized spacial score (nSPS) is 16.0. The standard InChI is InChI=1S/C22H28BN3O3.C21H25N3O2.C17H16BrNO2.C9H9NO.C8H8Br2O.C5H13BN2O/c1-23(28)25-11-9-24(10-12-25)19-13-17(14-20(15-19)29-2)16-26-21-6-4-3-5-18(21)7-8-22(26)27;1-26-19-13-16(12-18(14-19)23-10-8-22-9-11-23)15-24-20-5-3-2-4-17(20)6-7-21(24)25;1-21-15-9-12(8-14(18)10-15)11-19-16-5-3-2-4-13(16)6-7-17(19)20;11-9-6-5-7-3-1-2-4-8(7)10-9;1-11-8-3-6(5-9)2-7(10)4-8;1-6(9)8-4-2-7-3-5-8/h3-6,13-15,28H,7-12,16H2,1-2H3;2-5,12-14,22H,6-11,15H2,1H3;2-5,8-10H,6-7,11H2,1H3;1-4H,5-6H2,(H,10,11);2-4H,5H2,1H3;7,9H,2-5H2,1H3. The number of ether oxygens (including phenoxy) is 4. The van der Waals surface area contributed by atoms with Crippen molar-refractivity contribution in [3.05, 3.63) is 223 Å². The van der Waals surface area contributed by atoms with Crippen molar-refractivity contribution in [2.75, 3.05) is 137 Å². The van der Waals surface area contributed by atoms with Crippen molar-refractivity contribution >= 4 is 120 Å². The first-order chi connectivity index (χ1) is 51.9. The van der Waals surface area contributed by atoms with Crippen LogP contribution in [0.25, 0.3) is 0 Å². The molecule has 8 aromatic rings. The molecule has 25 heteroatoms. The van der Waals surface area contributed by atoms with Crippen molar-refractivity contribution in [1.29, 1.82) is 0 Å². The molecule has 0 spiro atoms. The number of anilines is 6. The van der Waals surface area contributed by atoms with Crippen molar-refractivity contribution < 1.29 is 48.2 Å². The van der Waals surface area contributed by atoms with E-state index in [1.165, 1.54) is 33.5 Å². The predicted molar refractivity (Wildman–Crippen MR) is 442 cm³/mol. The zero-order valence-corrected chi connectivity index (χ0v) is 67.0. The molecular weight excluding hydrogens is 1550 g/mol. The van der Waals surface area contributed by atoms with E-state index in [2.05, 4.69) is 132 Å². The average molecular weight is 1650 g/mol. The number of hydrogen-bond acceptors (Lipinski definition) is 16. The number of piperazine rings is 3. The summed E-state index contributed by atoms with van der Waals surface area (Å²) in [4.78, 5) is 62.9. The number of benzene rings is 8. The van der Waals surface area contributed by atoms with E-state index >= 15 is 0 Å². The lowest BCUT2D eigenvalue weighted by molar-refractivity contribution is -0.119. The van der Waals surface area contributed by atoms with Gasteiger partial charge in [0.05, 0.1) is 48.1 Å². The molecule has 0 aromatic heterocycles. The van der Waals surface area contributed by atoms with Crippen LogP contribution >= 0.6 is 47.8 Å². The topological polar surface area (TPSA) is 204 Å². The number of halogens is 3. The Hall–Kier alpha value is -8.23. The summed E-state index contributed by atoms with van der Waals surface area (Å²) in [6, 6.07) is 56.8. The third-order valence-electron chi connectivity index (χ3n) is 19.7. The van der Waals surface area contributed by atoms with Gasteiger partial charge in [0.15, 0.2) is 0 Å². The van der Waals surface area contributed by atoms with Crippen molar-refractivity contribution in [2.45, 2.75) is 90.0 Å². The summed E-state index contributed by atoms with van der Waals surface area (Å²) in [6.45, 7) is 16.5. The molecule has 15 rings (SSSR count). The molecule has 0 atom stereocenters. The summed E-state index contributed by atoms with van der Waals surface area (Å²) in [5.74, 6) is 3.97. The zero-order chi connectivity index (χ0) is 75.8. The van der Waals surface area contributed by atoms with E-state index in [-0.39, 0.29) is 30.7 Å². The van der Waals surface area contributed by atoms with Crippen LogP contribution in [-0.4, -0.2) is 164 Å². The van der Waals surface area contributed by atoms with Crippen molar-refractivity contribution in [1.82, 2.24) is 20.3 Å². The van der Waals surface area contributed by atoms with Gasteiger partial charge in [-0.3, -0.25) is 19.2 Å². The van der Waals surface area contributed by atoms with E-state index < -0.39 is 7.05 Å². The maximum atomic E-state index is 12.7. The van der Waals surface area contributed by atoms with Crippen LogP contribution in [0.5, 0.6) is 23.0 Å². The Kier molecular flexibility index (Phi) is 31.0. The van der Waals surface area contributed by atoms with Gasteiger partial charge >= 0.3 is 14.1 Å². The summed E-state index contributed by atoms with van der Waals surface area (Å²) in [5.41, 5.74) is 15.7. The van der Waals surface area contributed by atoms with E-state index in [4.69, 9.17) is 24.0 Å². The first kappa shape index (κ1) is 81.3. The summed E-state index contributed by atoms with van der Waals surface area (Å²) >= 11 is 10.3. The molecule has 564 valence electrons. The van der Waals surface area contributed by atoms with Gasteiger partial charge in [-0.2, -0.15) is 0 Å². The number of nitrogens with one attached hydrogen (secondary N) is 3. The lowest BCUT2D eigenvalue weighted by atomic mass is 9.84. The number of aryl methyl sites for hydroxylation is 4. The van der Waals surface area contributed by atoms with Gasteiger partial charge in [0.25, 0.3) is 0 Å². The number of para-hydroxylation sites is 4. The highest BCUT2D eigenvalue weighted by atomic mass is 79.9. The largest absolute Gasteiger partial charge is 0.497 e. The zero-order valence-electron chi connectivity index (χ0n) is 62.2. The number of rotatable bonds is 15. The number of hydrogen-bond donors (Lipinski definition) is 5. The average Bonchev–Trinajstić information content (AvgIpc) is 0.807. The minimum atomic E-state index is -0.414. The minimum absolute atomic E-state index is 0.128. The lowest BCUT2D eigenvalue weighted by Gasteiger charge is -2.37. The van der Waals surface area contributed by atoms with Crippen LogP contribution in [0.3, 0.4) is 0 Å². The van der Waals surface area contributed by atoms with Gasteiger partial charge < -0.3 is 79.1 Å². The highest BCUT2D eigenvalue weighted by molar-refractivity contribution is 9.10. The van der Waals surface area contributed by atoms with Crippen LogP contribution in [-0.2, 0) is 69.8 Å². The second kappa shape index (κ2) is 40.8. The molecule has 0 saturated carbocycles. The van der Waals surface area contributed by atoms with Crippen LogP contribution in [0.1, 0.15) is 70.2 Å². The number of nitrogens with zero attached hydrogens (tertiary/aromatic N) is 7. The Morgan fingerprint density at radius 1 is 0.393 bits per heavy atom. The predicted octanol–water partition coefficient (Wildman–Crippen LogP) is 12.9. The van der Waals surface area contributed by atoms with Gasteiger partial charge in [-0.15, -0.1) is 0 Å². The smallest absolute Gasteiger partial charge is 0.376 e. The van der Waals surface area contributed by atoms with E-state index in [1.807, 2.05) is 150 Å². The van der Waals surface area contributed by atoms with Gasteiger partial charge in [0.1, 0.15) is 23.0 Å². The number of alkyl halides is 1. The van der Waals surface area contributed by atoms with Gasteiger partial charge in [-0.05, 0) is 169 Å². The van der Waals surface area contributed by atoms with E-state index in [9.17, 15) is 24.2 Å². The molecule has 20 nitrogen and oxygen atoms in total. The Morgan fingerprint density at radius 3 is 1.15 bits per heavy atom. The SMILES string of the molecule is CB(O)N1CCNCC1.COc1cc(Br)cc(CBr)c1.COc1cc(Br)cc(CN2C(=O)CCc3ccccc32)c1.COc1cc(CN2C(=O)CCc3ccccc32)cc(N2CCN(B(C)O)CC2)c1.COc1cc(CN2C(=O)CCc3ccccc32)cc(N2CCNCC2)c1.O=C1CCc2ccccc2N1.